The second-order valence-electron chi connectivity index (χ2n) is 13.6. The molecule has 3 amide bonds. The summed E-state index contributed by atoms with van der Waals surface area (Å²) in [5.74, 6) is 0.0449. The molecule has 1 saturated carbocycles. The van der Waals surface area contributed by atoms with Gasteiger partial charge in [0.05, 0.1) is 12.1 Å². The Morgan fingerprint density at radius 1 is 0.958 bits per heavy atom. The van der Waals surface area contributed by atoms with E-state index in [0.29, 0.717) is 36.3 Å². The van der Waals surface area contributed by atoms with Gasteiger partial charge in [0.15, 0.2) is 17.1 Å². The van der Waals surface area contributed by atoms with Gasteiger partial charge in [-0.05, 0) is 86.6 Å². The van der Waals surface area contributed by atoms with E-state index in [-0.39, 0.29) is 17.5 Å². The van der Waals surface area contributed by atoms with Crippen molar-refractivity contribution in [2.24, 2.45) is 5.73 Å². The molecule has 2 aromatic carbocycles. The summed E-state index contributed by atoms with van der Waals surface area (Å²) in [7, 11) is 0. The van der Waals surface area contributed by atoms with Crippen LogP contribution in [0, 0.1) is 0 Å². The zero-order chi connectivity index (χ0) is 32.8. The first kappa shape index (κ1) is 30.5. The number of nitrogens with one attached hydrogen (secondary N) is 2. The van der Waals surface area contributed by atoms with Crippen LogP contribution < -0.4 is 21.3 Å². The Labute approximate surface area is 278 Å². The molecule has 4 aromatic rings. The molecule has 48 heavy (non-hydrogen) atoms. The van der Waals surface area contributed by atoms with Gasteiger partial charge in [-0.3, -0.25) is 24.6 Å². The molecule has 4 aliphatic rings. The molecule has 1 unspecified atom stereocenters. The first-order valence-corrected chi connectivity index (χ1v) is 17.2. The number of imide groups is 1. The minimum Gasteiger partial charge on any atom is -0.364 e. The van der Waals surface area contributed by atoms with E-state index in [0.717, 1.165) is 92.7 Å². The van der Waals surface area contributed by atoms with Crippen molar-refractivity contribution in [3.8, 4) is 0 Å². The fourth-order valence-corrected chi connectivity index (χ4v) is 8.05. The highest BCUT2D eigenvalue weighted by molar-refractivity contribution is 6.02. The zero-order valence-corrected chi connectivity index (χ0v) is 26.9. The predicted molar refractivity (Wildman–Crippen MR) is 180 cm³/mol. The number of nitrogens with zero attached hydrogens (tertiary/aromatic N) is 5. The summed E-state index contributed by atoms with van der Waals surface area (Å²) in [6.45, 7) is 3.56. The zero-order valence-electron chi connectivity index (χ0n) is 26.9. The molecule has 0 radical (unpaired) electrons. The lowest BCUT2D eigenvalue weighted by Crippen LogP contribution is -2.39. The fourth-order valence-electron chi connectivity index (χ4n) is 8.05. The van der Waals surface area contributed by atoms with E-state index in [4.69, 9.17) is 15.2 Å². The summed E-state index contributed by atoms with van der Waals surface area (Å²) in [4.78, 5) is 50.1. The highest BCUT2D eigenvalue weighted by Crippen LogP contribution is 2.41. The molecule has 1 aliphatic carbocycles. The van der Waals surface area contributed by atoms with E-state index >= 15 is 0 Å². The summed E-state index contributed by atoms with van der Waals surface area (Å²) < 4.78 is 5.85. The lowest BCUT2D eigenvalue weighted by Gasteiger charge is -2.34. The number of hydrogen-bond acceptors (Lipinski definition) is 10. The summed E-state index contributed by atoms with van der Waals surface area (Å²) in [6, 6.07) is 13.1. The van der Waals surface area contributed by atoms with E-state index in [9.17, 15) is 14.4 Å². The first-order chi connectivity index (χ1) is 23.4. The Bertz CT molecular complexity index is 1870. The van der Waals surface area contributed by atoms with Crippen molar-refractivity contribution in [1.29, 1.82) is 0 Å². The molecule has 12 nitrogen and oxygen atoms in total. The minimum atomic E-state index is -0.605. The van der Waals surface area contributed by atoms with Crippen LogP contribution in [0.25, 0.3) is 11.0 Å². The smallest absolute Gasteiger partial charge is 0.271 e. The van der Waals surface area contributed by atoms with Gasteiger partial charge in [0, 0.05) is 55.3 Å². The average Bonchev–Trinajstić information content (AvgIpc) is 3.74. The average molecular weight is 649 g/mol. The Balaban J connectivity index is 0.900. The number of fused-ring (bicyclic) bond motifs is 3. The number of hydrogen-bond donors (Lipinski definition) is 3. The molecule has 3 fully saturated rings. The maximum Gasteiger partial charge on any atom is 0.271 e. The Kier molecular flexibility index (Phi) is 8.03. The molecular weight excluding hydrogens is 608 g/mol. The molecule has 2 aromatic heterocycles. The number of rotatable bonds is 7. The lowest BCUT2D eigenvalue weighted by molar-refractivity contribution is -0.134. The van der Waals surface area contributed by atoms with Crippen LogP contribution in [-0.4, -0.2) is 56.9 Å². The van der Waals surface area contributed by atoms with Crippen molar-refractivity contribution in [2.75, 3.05) is 23.3 Å². The van der Waals surface area contributed by atoms with Gasteiger partial charge in [0.25, 0.3) is 5.91 Å². The molecule has 3 aliphatic heterocycles. The van der Waals surface area contributed by atoms with Crippen molar-refractivity contribution in [3.05, 3.63) is 70.7 Å². The number of benzene rings is 2. The van der Waals surface area contributed by atoms with Crippen molar-refractivity contribution in [3.63, 3.8) is 0 Å². The first-order valence-electron chi connectivity index (χ1n) is 17.2. The topological polar surface area (TPSA) is 160 Å². The largest absolute Gasteiger partial charge is 0.364 e. The molecule has 12 heteroatoms. The maximum absolute atomic E-state index is 12.5. The van der Waals surface area contributed by atoms with Crippen LogP contribution in [0.2, 0.25) is 0 Å². The summed E-state index contributed by atoms with van der Waals surface area (Å²) in [5, 5.41) is 10.9. The van der Waals surface area contributed by atoms with E-state index in [1.54, 1.807) is 6.20 Å². The number of carbonyl (C=O) groups excluding carboxylic acids is 3. The third-order valence-corrected chi connectivity index (χ3v) is 10.7. The molecule has 1 atom stereocenters. The monoisotopic (exact) mass is 648 g/mol. The third kappa shape index (κ3) is 5.78. The van der Waals surface area contributed by atoms with Gasteiger partial charge in [-0.15, -0.1) is 0 Å². The Morgan fingerprint density at radius 3 is 2.50 bits per heavy atom. The number of anilines is 3. The second kappa shape index (κ2) is 12.6. The normalized spacial score (nSPS) is 23.2. The van der Waals surface area contributed by atoms with Crippen LogP contribution in [0.1, 0.15) is 102 Å². The van der Waals surface area contributed by atoms with Crippen LogP contribution in [0.3, 0.4) is 0 Å². The van der Waals surface area contributed by atoms with Gasteiger partial charge < -0.3 is 20.5 Å². The standard InChI is InChI=1S/C36H40N8O4/c37-34(46)32-35(40-29(18-38-32)43-16-2-1-3-17-43)39-24-9-4-21(5-10-24)22-6-11-25(12-7-22)44-19-23-8-13-26-31(42-48-33(26)28(23)20-44)27-14-15-30(45)41-36(27)47/h4-5,8-10,13,18,22,25,27H,1-3,6-7,11-12,14-17,19-20H2,(H2,37,46)(H,39,40)(H,41,45,47). The van der Waals surface area contributed by atoms with Crippen LogP contribution in [0.4, 0.5) is 17.3 Å². The molecule has 248 valence electrons. The minimum absolute atomic E-state index is 0.140. The third-order valence-electron chi connectivity index (χ3n) is 10.7. The summed E-state index contributed by atoms with van der Waals surface area (Å²) >= 11 is 0. The number of nitrogens with two attached hydrogens (primary N) is 1. The fraction of sp³-hybridized carbons (Fsp3) is 0.444. The molecule has 8 rings (SSSR count). The molecule has 5 heterocycles. The predicted octanol–water partition coefficient (Wildman–Crippen LogP) is 5.01. The van der Waals surface area contributed by atoms with E-state index in [1.165, 1.54) is 17.5 Å². The SMILES string of the molecule is NC(=O)c1ncc(N2CCCCC2)nc1Nc1ccc(C2CCC(N3Cc4ccc5c(C6CCC(=O)NC6=O)noc5c4C3)CC2)cc1. The molecular formula is C36H40N8O4. The van der Waals surface area contributed by atoms with Crippen molar-refractivity contribution >= 4 is 46.0 Å². The number of amides is 3. The molecule has 2 saturated heterocycles. The highest BCUT2D eigenvalue weighted by Gasteiger charge is 2.35. The van der Waals surface area contributed by atoms with Gasteiger partial charge in [-0.1, -0.05) is 23.4 Å². The van der Waals surface area contributed by atoms with Gasteiger partial charge >= 0.3 is 0 Å². The van der Waals surface area contributed by atoms with Crippen LogP contribution >= 0.6 is 0 Å². The van der Waals surface area contributed by atoms with Crippen LogP contribution in [0.5, 0.6) is 0 Å². The Morgan fingerprint density at radius 2 is 1.75 bits per heavy atom. The number of carbonyl (C=O) groups is 3. The summed E-state index contributed by atoms with van der Waals surface area (Å²) in [5.41, 5.74) is 11.7. The summed E-state index contributed by atoms with van der Waals surface area (Å²) in [6.07, 6.45) is 10.3. The van der Waals surface area contributed by atoms with E-state index < -0.39 is 11.8 Å². The second-order valence-corrected chi connectivity index (χ2v) is 13.6. The quantitative estimate of drug-likeness (QED) is 0.233. The molecule has 0 spiro atoms. The van der Waals surface area contributed by atoms with E-state index in [2.05, 4.69) is 48.8 Å². The number of piperidine rings is 2. The maximum atomic E-state index is 12.5. The van der Waals surface area contributed by atoms with Gasteiger partial charge in [-0.2, -0.15) is 0 Å². The van der Waals surface area contributed by atoms with Crippen molar-refractivity contribution < 1.29 is 18.9 Å². The number of primary amides is 1. The molecule has 4 N–H and O–H groups in total. The van der Waals surface area contributed by atoms with Crippen molar-refractivity contribution in [1.82, 2.24) is 25.3 Å². The van der Waals surface area contributed by atoms with E-state index in [1.807, 2.05) is 18.2 Å². The van der Waals surface area contributed by atoms with Crippen LogP contribution in [-0.2, 0) is 22.7 Å². The lowest BCUT2D eigenvalue weighted by atomic mass is 9.81. The number of aromatic nitrogens is 3. The Hall–Kier alpha value is -4.84. The van der Waals surface area contributed by atoms with Gasteiger partial charge in [-0.25, -0.2) is 9.97 Å². The van der Waals surface area contributed by atoms with Crippen molar-refractivity contribution in [2.45, 2.75) is 88.8 Å². The van der Waals surface area contributed by atoms with Gasteiger partial charge in [0.2, 0.25) is 11.8 Å². The van der Waals surface area contributed by atoms with Crippen LogP contribution in [0.15, 0.2) is 47.1 Å². The molecule has 0 bridgehead atoms. The highest BCUT2D eigenvalue weighted by atomic mass is 16.5. The van der Waals surface area contributed by atoms with Gasteiger partial charge in [0.1, 0.15) is 11.5 Å².